The second-order valence-corrected chi connectivity index (χ2v) is 8.32. The van der Waals surface area contributed by atoms with Crippen molar-refractivity contribution in [3.8, 4) is 0 Å². The number of carbonyl (C=O) groups excluding carboxylic acids is 1. The zero-order valence-corrected chi connectivity index (χ0v) is 15.1. The van der Waals surface area contributed by atoms with Gasteiger partial charge in [0, 0.05) is 24.7 Å². The number of alkyl carbamates (subject to hydrolysis) is 1. The minimum Gasteiger partial charge on any atom is -0.444 e. The summed E-state index contributed by atoms with van der Waals surface area (Å²) in [6, 6.07) is 1.39. The third-order valence-electron chi connectivity index (χ3n) is 4.98. The Hall–Kier alpha value is -0.810. The number of rotatable bonds is 4. The highest BCUT2D eigenvalue weighted by molar-refractivity contribution is 5.67. The molecule has 0 aromatic carbocycles. The number of ether oxygens (including phenoxy) is 1. The molecule has 0 radical (unpaired) electrons. The summed E-state index contributed by atoms with van der Waals surface area (Å²) in [6.07, 6.45) is 9.31. The van der Waals surface area contributed by atoms with Crippen LogP contribution < -0.4 is 16.4 Å². The molecule has 4 N–H and O–H groups in total. The molecule has 2 rings (SSSR count). The smallest absolute Gasteiger partial charge is 0.407 e. The summed E-state index contributed by atoms with van der Waals surface area (Å²) < 4.78 is 5.34. The number of hydrogen-bond donors (Lipinski definition) is 3. The van der Waals surface area contributed by atoms with Crippen LogP contribution in [0.4, 0.5) is 4.79 Å². The third kappa shape index (κ3) is 6.68. The molecule has 2 aliphatic carbocycles. The van der Waals surface area contributed by atoms with Crippen LogP contribution >= 0.6 is 0 Å². The maximum absolute atomic E-state index is 11.9. The van der Waals surface area contributed by atoms with Gasteiger partial charge in [-0.05, 0) is 58.8 Å². The van der Waals surface area contributed by atoms with Gasteiger partial charge in [-0.15, -0.1) is 0 Å². The van der Waals surface area contributed by atoms with Crippen molar-refractivity contribution >= 4 is 6.09 Å². The normalized spacial score (nSPS) is 32.3. The zero-order chi connectivity index (χ0) is 16.9. The van der Waals surface area contributed by atoms with Gasteiger partial charge in [-0.1, -0.05) is 19.3 Å². The van der Waals surface area contributed by atoms with Gasteiger partial charge in [0.25, 0.3) is 0 Å². The molecule has 0 aromatic heterocycles. The van der Waals surface area contributed by atoms with E-state index in [9.17, 15) is 4.79 Å². The van der Waals surface area contributed by atoms with Gasteiger partial charge in [0.15, 0.2) is 0 Å². The summed E-state index contributed by atoms with van der Waals surface area (Å²) >= 11 is 0. The average Bonchev–Trinajstić information content (AvgIpc) is 2.44. The van der Waals surface area contributed by atoms with Crippen LogP contribution in [0.3, 0.4) is 0 Å². The Kier molecular flexibility index (Phi) is 6.72. The summed E-state index contributed by atoms with van der Waals surface area (Å²) in [7, 11) is 0. The molecule has 0 spiro atoms. The van der Waals surface area contributed by atoms with Crippen molar-refractivity contribution in [2.45, 2.75) is 95.9 Å². The summed E-state index contributed by atoms with van der Waals surface area (Å²) in [5.74, 6) is 0.495. The van der Waals surface area contributed by atoms with Gasteiger partial charge in [-0.2, -0.15) is 0 Å². The highest BCUT2D eigenvalue weighted by Crippen LogP contribution is 2.26. The maximum atomic E-state index is 11.9. The van der Waals surface area contributed by atoms with Crippen LogP contribution in [0.2, 0.25) is 0 Å². The Morgan fingerprint density at radius 1 is 1.13 bits per heavy atom. The largest absolute Gasteiger partial charge is 0.444 e. The molecule has 2 saturated carbocycles. The quantitative estimate of drug-likeness (QED) is 0.743. The van der Waals surface area contributed by atoms with E-state index in [1.807, 2.05) is 20.8 Å². The molecule has 0 aromatic rings. The molecule has 134 valence electrons. The standard InChI is InChI=1S/C18H35N3O2/c1-18(2,3)23-17(22)20-12-13-7-4-5-10-16(13)21-15-9-6-8-14(19)11-15/h13-16,21H,4-12,19H2,1-3H3,(H,20,22). The lowest BCUT2D eigenvalue weighted by atomic mass is 9.82. The molecule has 2 aliphatic rings. The predicted octanol–water partition coefficient (Wildman–Crippen LogP) is 2.93. The lowest BCUT2D eigenvalue weighted by Gasteiger charge is -2.37. The monoisotopic (exact) mass is 325 g/mol. The third-order valence-corrected chi connectivity index (χ3v) is 4.98. The molecule has 5 nitrogen and oxygen atoms in total. The summed E-state index contributed by atoms with van der Waals surface area (Å²) in [5, 5.41) is 6.80. The molecule has 1 amide bonds. The van der Waals surface area contributed by atoms with Crippen molar-refractivity contribution in [2.75, 3.05) is 6.54 Å². The van der Waals surface area contributed by atoms with E-state index in [4.69, 9.17) is 10.5 Å². The minimum atomic E-state index is -0.438. The van der Waals surface area contributed by atoms with E-state index in [1.54, 1.807) is 0 Å². The predicted molar refractivity (Wildman–Crippen MR) is 93.3 cm³/mol. The van der Waals surface area contributed by atoms with E-state index in [2.05, 4.69) is 10.6 Å². The molecule has 0 bridgehead atoms. The Morgan fingerprint density at radius 2 is 1.87 bits per heavy atom. The van der Waals surface area contributed by atoms with E-state index < -0.39 is 5.60 Å². The minimum absolute atomic E-state index is 0.304. The average molecular weight is 325 g/mol. The van der Waals surface area contributed by atoms with E-state index in [-0.39, 0.29) is 6.09 Å². The molecule has 5 heteroatoms. The maximum Gasteiger partial charge on any atom is 0.407 e. The van der Waals surface area contributed by atoms with Crippen LogP contribution in [0.15, 0.2) is 0 Å². The van der Waals surface area contributed by atoms with Crippen LogP contribution in [0.1, 0.15) is 72.1 Å². The first kappa shape index (κ1) is 18.5. The number of nitrogens with two attached hydrogens (primary N) is 1. The number of nitrogens with one attached hydrogen (secondary N) is 2. The van der Waals surface area contributed by atoms with E-state index in [1.165, 1.54) is 38.5 Å². The second-order valence-electron chi connectivity index (χ2n) is 8.32. The van der Waals surface area contributed by atoms with E-state index >= 15 is 0 Å². The topological polar surface area (TPSA) is 76.4 Å². The Bertz CT molecular complexity index is 381. The van der Waals surface area contributed by atoms with Crippen molar-refractivity contribution in [1.82, 2.24) is 10.6 Å². The summed E-state index contributed by atoms with van der Waals surface area (Å²) in [6.45, 7) is 6.38. The molecule has 0 aliphatic heterocycles. The van der Waals surface area contributed by atoms with Gasteiger partial charge in [-0.3, -0.25) is 0 Å². The lowest BCUT2D eigenvalue weighted by Crippen LogP contribution is -2.50. The van der Waals surface area contributed by atoms with Crippen molar-refractivity contribution in [1.29, 1.82) is 0 Å². The molecule has 4 unspecified atom stereocenters. The van der Waals surface area contributed by atoms with Gasteiger partial charge >= 0.3 is 6.09 Å². The van der Waals surface area contributed by atoms with Crippen LogP contribution in [0.5, 0.6) is 0 Å². The fourth-order valence-electron chi connectivity index (χ4n) is 3.88. The highest BCUT2D eigenvalue weighted by atomic mass is 16.6. The molecular formula is C18H35N3O2. The Balaban J connectivity index is 1.79. The van der Waals surface area contributed by atoms with Gasteiger partial charge in [0.2, 0.25) is 0 Å². The Morgan fingerprint density at radius 3 is 2.57 bits per heavy atom. The van der Waals surface area contributed by atoms with Gasteiger partial charge in [-0.25, -0.2) is 4.79 Å². The fourth-order valence-corrected chi connectivity index (χ4v) is 3.88. The van der Waals surface area contributed by atoms with Crippen LogP contribution in [0.25, 0.3) is 0 Å². The number of hydrogen-bond acceptors (Lipinski definition) is 4. The number of amides is 1. The fraction of sp³-hybridized carbons (Fsp3) is 0.944. The van der Waals surface area contributed by atoms with Gasteiger partial charge in [0.1, 0.15) is 5.60 Å². The first-order chi connectivity index (χ1) is 10.8. The molecule has 23 heavy (non-hydrogen) atoms. The lowest BCUT2D eigenvalue weighted by molar-refractivity contribution is 0.0509. The van der Waals surface area contributed by atoms with Crippen LogP contribution in [0, 0.1) is 5.92 Å². The van der Waals surface area contributed by atoms with Crippen molar-refractivity contribution < 1.29 is 9.53 Å². The molecule has 2 fully saturated rings. The summed E-state index contributed by atoms with van der Waals surface area (Å²) in [4.78, 5) is 11.9. The molecular weight excluding hydrogens is 290 g/mol. The molecule has 0 heterocycles. The van der Waals surface area contributed by atoms with Crippen LogP contribution in [-0.2, 0) is 4.74 Å². The van der Waals surface area contributed by atoms with Gasteiger partial charge in [0.05, 0.1) is 0 Å². The summed E-state index contributed by atoms with van der Waals surface area (Å²) in [5.41, 5.74) is 5.67. The van der Waals surface area contributed by atoms with Crippen molar-refractivity contribution in [3.05, 3.63) is 0 Å². The van der Waals surface area contributed by atoms with E-state index in [0.29, 0.717) is 30.6 Å². The SMILES string of the molecule is CC(C)(C)OC(=O)NCC1CCCCC1NC1CCCC(N)C1. The second kappa shape index (κ2) is 8.34. The van der Waals surface area contributed by atoms with Crippen molar-refractivity contribution in [3.63, 3.8) is 0 Å². The highest BCUT2D eigenvalue weighted by Gasteiger charge is 2.29. The zero-order valence-electron chi connectivity index (χ0n) is 15.1. The number of carbonyl (C=O) groups is 1. The van der Waals surface area contributed by atoms with E-state index in [0.717, 1.165) is 12.8 Å². The first-order valence-electron chi connectivity index (χ1n) is 9.32. The Labute approximate surface area is 141 Å². The molecule has 0 saturated heterocycles. The first-order valence-corrected chi connectivity index (χ1v) is 9.32. The van der Waals surface area contributed by atoms with Crippen LogP contribution in [-0.4, -0.2) is 36.4 Å². The van der Waals surface area contributed by atoms with Crippen molar-refractivity contribution in [2.24, 2.45) is 11.7 Å². The van der Waals surface area contributed by atoms with Gasteiger partial charge < -0.3 is 21.1 Å². The molecule has 4 atom stereocenters.